The molecule has 0 saturated carbocycles. The van der Waals surface area contributed by atoms with Crippen molar-refractivity contribution in [1.29, 1.82) is 0 Å². The first-order valence-electron chi connectivity index (χ1n) is 4.88. The van der Waals surface area contributed by atoms with E-state index in [4.69, 9.17) is 10.2 Å². The SMILES string of the molecule is O=C(O)C/C=C(/CC(=O)O)C1C=CCC1. The smallest absolute Gasteiger partial charge is 0.307 e. The molecule has 0 aliphatic heterocycles. The van der Waals surface area contributed by atoms with Gasteiger partial charge in [-0.25, -0.2) is 0 Å². The molecule has 1 aliphatic rings. The monoisotopic (exact) mass is 210 g/mol. The molecule has 0 fully saturated rings. The lowest BCUT2D eigenvalue weighted by molar-refractivity contribution is -0.137. The molecule has 0 amide bonds. The summed E-state index contributed by atoms with van der Waals surface area (Å²) in [7, 11) is 0. The normalized spacial score (nSPS) is 20.5. The van der Waals surface area contributed by atoms with Gasteiger partial charge in [0.25, 0.3) is 0 Å². The molecule has 1 atom stereocenters. The molecule has 0 bridgehead atoms. The van der Waals surface area contributed by atoms with E-state index >= 15 is 0 Å². The molecule has 0 spiro atoms. The molecule has 82 valence electrons. The van der Waals surface area contributed by atoms with Gasteiger partial charge in [-0.15, -0.1) is 0 Å². The number of carboxylic acid groups (broad SMARTS) is 2. The van der Waals surface area contributed by atoms with Gasteiger partial charge in [0.2, 0.25) is 0 Å². The van der Waals surface area contributed by atoms with Crippen LogP contribution in [0.3, 0.4) is 0 Å². The van der Waals surface area contributed by atoms with Gasteiger partial charge in [-0.1, -0.05) is 23.8 Å². The summed E-state index contributed by atoms with van der Waals surface area (Å²) in [5.74, 6) is -1.73. The number of hydrogen-bond acceptors (Lipinski definition) is 2. The van der Waals surface area contributed by atoms with Gasteiger partial charge in [0.05, 0.1) is 12.8 Å². The van der Waals surface area contributed by atoms with E-state index < -0.39 is 11.9 Å². The summed E-state index contributed by atoms with van der Waals surface area (Å²) in [6.45, 7) is 0. The Morgan fingerprint density at radius 1 is 1.33 bits per heavy atom. The van der Waals surface area contributed by atoms with Gasteiger partial charge >= 0.3 is 11.9 Å². The molecule has 4 heteroatoms. The minimum absolute atomic E-state index is 0.0672. The Balaban J connectivity index is 2.67. The van der Waals surface area contributed by atoms with Crippen LogP contribution in [-0.2, 0) is 9.59 Å². The Morgan fingerprint density at radius 3 is 2.53 bits per heavy atom. The zero-order chi connectivity index (χ0) is 11.3. The maximum atomic E-state index is 10.6. The minimum atomic E-state index is -0.931. The fourth-order valence-electron chi connectivity index (χ4n) is 1.69. The molecule has 4 nitrogen and oxygen atoms in total. The van der Waals surface area contributed by atoms with E-state index in [0.717, 1.165) is 12.8 Å². The second-order valence-corrected chi connectivity index (χ2v) is 3.56. The van der Waals surface area contributed by atoms with E-state index in [1.165, 1.54) is 6.08 Å². The van der Waals surface area contributed by atoms with Crippen LogP contribution in [0.15, 0.2) is 23.8 Å². The highest BCUT2D eigenvalue weighted by Crippen LogP contribution is 2.27. The molecule has 0 aromatic carbocycles. The van der Waals surface area contributed by atoms with Gasteiger partial charge in [0, 0.05) is 0 Å². The first-order valence-corrected chi connectivity index (χ1v) is 4.88. The number of rotatable bonds is 5. The molecule has 1 aliphatic carbocycles. The van der Waals surface area contributed by atoms with Crippen molar-refractivity contribution in [1.82, 2.24) is 0 Å². The predicted octanol–water partition coefficient (Wildman–Crippen LogP) is 1.83. The van der Waals surface area contributed by atoms with Gasteiger partial charge in [-0.05, 0) is 18.8 Å². The van der Waals surface area contributed by atoms with Crippen molar-refractivity contribution in [2.75, 3.05) is 0 Å². The Morgan fingerprint density at radius 2 is 2.07 bits per heavy atom. The van der Waals surface area contributed by atoms with Crippen LogP contribution in [0.4, 0.5) is 0 Å². The summed E-state index contributed by atoms with van der Waals surface area (Å²) >= 11 is 0. The van der Waals surface area contributed by atoms with Crippen LogP contribution in [0.1, 0.15) is 25.7 Å². The van der Waals surface area contributed by atoms with Crippen LogP contribution in [-0.4, -0.2) is 22.2 Å². The topological polar surface area (TPSA) is 74.6 Å². The van der Waals surface area contributed by atoms with Crippen molar-refractivity contribution < 1.29 is 19.8 Å². The molecule has 0 aromatic heterocycles. The van der Waals surface area contributed by atoms with E-state index in [1.54, 1.807) is 0 Å². The van der Waals surface area contributed by atoms with Crippen molar-refractivity contribution in [2.45, 2.75) is 25.7 Å². The number of aliphatic carboxylic acids is 2. The third-order valence-electron chi connectivity index (χ3n) is 2.38. The van der Waals surface area contributed by atoms with Gasteiger partial charge in [0.1, 0.15) is 0 Å². The number of carbonyl (C=O) groups is 2. The van der Waals surface area contributed by atoms with E-state index in [9.17, 15) is 9.59 Å². The number of carboxylic acids is 2. The minimum Gasteiger partial charge on any atom is -0.481 e. The second kappa shape index (κ2) is 5.34. The summed E-state index contributed by atoms with van der Waals surface area (Å²) in [6, 6.07) is 0. The van der Waals surface area contributed by atoms with Crippen molar-refractivity contribution >= 4 is 11.9 Å². The molecule has 1 rings (SSSR count). The molecule has 0 radical (unpaired) electrons. The summed E-state index contributed by atoms with van der Waals surface area (Å²) < 4.78 is 0. The third kappa shape index (κ3) is 3.97. The van der Waals surface area contributed by atoms with Crippen LogP contribution in [0.2, 0.25) is 0 Å². The fourth-order valence-corrected chi connectivity index (χ4v) is 1.69. The average Bonchev–Trinajstić information content (AvgIpc) is 2.63. The Hall–Kier alpha value is -1.58. The summed E-state index contributed by atoms with van der Waals surface area (Å²) in [4.78, 5) is 21.0. The summed E-state index contributed by atoms with van der Waals surface area (Å²) in [5, 5.41) is 17.2. The van der Waals surface area contributed by atoms with Crippen LogP contribution in [0.5, 0.6) is 0 Å². The second-order valence-electron chi connectivity index (χ2n) is 3.56. The maximum absolute atomic E-state index is 10.6. The highest BCUT2D eigenvalue weighted by molar-refractivity contribution is 5.72. The first kappa shape index (κ1) is 11.5. The van der Waals surface area contributed by atoms with Crippen LogP contribution in [0.25, 0.3) is 0 Å². The standard InChI is InChI=1S/C11H14O4/c12-10(13)6-5-9(7-11(14)15)8-3-1-2-4-8/h1,3,5,8H,2,4,6-7H2,(H,12,13)(H,14,15)/b9-5-. The maximum Gasteiger partial charge on any atom is 0.307 e. The zero-order valence-corrected chi connectivity index (χ0v) is 8.35. The van der Waals surface area contributed by atoms with Gasteiger partial charge < -0.3 is 10.2 Å². The lowest BCUT2D eigenvalue weighted by atomic mass is 9.95. The lowest BCUT2D eigenvalue weighted by Gasteiger charge is -2.10. The number of hydrogen-bond donors (Lipinski definition) is 2. The third-order valence-corrected chi connectivity index (χ3v) is 2.38. The zero-order valence-electron chi connectivity index (χ0n) is 8.35. The van der Waals surface area contributed by atoms with Gasteiger partial charge in [-0.3, -0.25) is 9.59 Å². The van der Waals surface area contributed by atoms with Crippen molar-refractivity contribution in [3.63, 3.8) is 0 Å². The van der Waals surface area contributed by atoms with Crippen molar-refractivity contribution in [3.8, 4) is 0 Å². The van der Waals surface area contributed by atoms with Crippen LogP contribution < -0.4 is 0 Å². The van der Waals surface area contributed by atoms with Crippen LogP contribution in [0, 0.1) is 5.92 Å². The highest BCUT2D eigenvalue weighted by atomic mass is 16.4. The summed E-state index contributed by atoms with van der Waals surface area (Å²) in [5.41, 5.74) is 0.707. The fraction of sp³-hybridized carbons (Fsp3) is 0.455. The molecule has 0 heterocycles. The molecule has 0 aromatic rings. The first-order chi connectivity index (χ1) is 7.09. The molecule has 0 saturated heterocycles. The van der Waals surface area contributed by atoms with E-state index in [0.29, 0.717) is 5.57 Å². The predicted molar refractivity (Wildman–Crippen MR) is 54.5 cm³/mol. The molecule has 2 N–H and O–H groups in total. The van der Waals surface area contributed by atoms with Crippen LogP contribution >= 0.6 is 0 Å². The van der Waals surface area contributed by atoms with Crippen molar-refractivity contribution in [3.05, 3.63) is 23.8 Å². The molecular formula is C11H14O4. The molecule has 15 heavy (non-hydrogen) atoms. The van der Waals surface area contributed by atoms with Gasteiger partial charge in [0.15, 0.2) is 0 Å². The average molecular weight is 210 g/mol. The number of allylic oxidation sites excluding steroid dienone is 2. The quantitative estimate of drug-likeness (QED) is 0.679. The lowest BCUT2D eigenvalue weighted by Crippen LogP contribution is -2.06. The Kier molecular flexibility index (Phi) is 4.09. The summed E-state index contributed by atoms with van der Waals surface area (Å²) in [6.07, 6.45) is 7.14. The molecule has 1 unspecified atom stereocenters. The van der Waals surface area contributed by atoms with E-state index in [-0.39, 0.29) is 18.8 Å². The van der Waals surface area contributed by atoms with E-state index in [2.05, 4.69) is 0 Å². The Bertz CT molecular complexity index is 315. The highest BCUT2D eigenvalue weighted by Gasteiger charge is 2.17. The molecular weight excluding hydrogens is 196 g/mol. The van der Waals surface area contributed by atoms with E-state index in [1.807, 2.05) is 12.2 Å². The largest absolute Gasteiger partial charge is 0.481 e. The van der Waals surface area contributed by atoms with Gasteiger partial charge in [-0.2, -0.15) is 0 Å². The van der Waals surface area contributed by atoms with Crippen molar-refractivity contribution in [2.24, 2.45) is 5.92 Å². The Labute approximate surface area is 87.9 Å².